The first-order valence-electron chi connectivity index (χ1n) is 13.6. The molecule has 3 aromatic heterocycles. The summed E-state index contributed by atoms with van der Waals surface area (Å²) in [6, 6.07) is 15.5. The van der Waals surface area contributed by atoms with Crippen LogP contribution in [0.25, 0.3) is 39.6 Å². The van der Waals surface area contributed by atoms with Gasteiger partial charge in [0.05, 0.1) is 43.0 Å². The Balaban J connectivity index is 1.19. The molecule has 0 atom stereocenters. The summed E-state index contributed by atoms with van der Waals surface area (Å²) < 4.78 is 7.71. The fourth-order valence-corrected chi connectivity index (χ4v) is 6.02. The van der Waals surface area contributed by atoms with Gasteiger partial charge in [-0.3, -0.25) is 4.68 Å². The van der Waals surface area contributed by atoms with E-state index >= 15 is 0 Å². The summed E-state index contributed by atoms with van der Waals surface area (Å²) in [4.78, 5) is 15.0. The second-order valence-corrected chi connectivity index (χ2v) is 10.8. The van der Waals surface area contributed by atoms with Gasteiger partial charge in [0.1, 0.15) is 5.65 Å². The molecule has 0 radical (unpaired) electrons. The van der Waals surface area contributed by atoms with Gasteiger partial charge in [0.2, 0.25) is 5.95 Å². The molecule has 1 aliphatic carbocycles. The van der Waals surface area contributed by atoms with Crippen LogP contribution in [0.4, 0.5) is 11.6 Å². The van der Waals surface area contributed by atoms with Gasteiger partial charge in [-0.2, -0.15) is 10.1 Å². The SMILES string of the molecule is Cc1c(-c2nc(N)nc3[nH]c(-c4cnn5c4COCC5)cc23)cccc1N1C=Cc2cc(C3CC3)ccc2C1. The van der Waals surface area contributed by atoms with Gasteiger partial charge in [-0.15, -0.1) is 0 Å². The maximum atomic E-state index is 6.22. The molecule has 3 aliphatic rings. The molecular weight excluding hydrogens is 486 g/mol. The second kappa shape index (κ2) is 8.54. The van der Waals surface area contributed by atoms with Crippen molar-refractivity contribution in [2.75, 3.05) is 17.2 Å². The number of ether oxygens (including phenoxy) is 1. The van der Waals surface area contributed by atoms with Crippen LogP contribution < -0.4 is 10.6 Å². The molecule has 194 valence electrons. The largest absolute Gasteiger partial charge is 0.373 e. The predicted molar refractivity (Wildman–Crippen MR) is 153 cm³/mol. The second-order valence-electron chi connectivity index (χ2n) is 10.8. The number of fused-ring (bicyclic) bond motifs is 3. The van der Waals surface area contributed by atoms with Crippen LogP contribution in [0.15, 0.2) is 54.9 Å². The van der Waals surface area contributed by atoms with Gasteiger partial charge in [-0.05, 0) is 66.1 Å². The minimum Gasteiger partial charge on any atom is -0.373 e. The Hall–Kier alpha value is -4.43. The number of benzene rings is 2. The van der Waals surface area contributed by atoms with E-state index in [1.165, 1.54) is 29.5 Å². The first-order valence-corrected chi connectivity index (χ1v) is 13.6. The van der Waals surface area contributed by atoms with Crippen LogP contribution in [0.3, 0.4) is 0 Å². The van der Waals surface area contributed by atoms with E-state index in [1.807, 2.05) is 10.9 Å². The molecule has 5 heterocycles. The lowest BCUT2D eigenvalue weighted by Gasteiger charge is -2.28. The highest BCUT2D eigenvalue weighted by Crippen LogP contribution is 2.42. The number of hydrogen-bond donors (Lipinski definition) is 2. The molecule has 5 aromatic rings. The quantitative estimate of drug-likeness (QED) is 0.315. The highest BCUT2D eigenvalue weighted by atomic mass is 16.5. The van der Waals surface area contributed by atoms with Gasteiger partial charge in [0, 0.05) is 34.9 Å². The van der Waals surface area contributed by atoms with Gasteiger partial charge in [-0.25, -0.2) is 4.98 Å². The van der Waals surface area contributed by atoms with Crippen LogP contribution in [-0.2, 0) is 24.4 Å². The average Bonchev–Trinajstić information content (AvgIpc) is 3.58. The third-order valence-corrected chi connectivity index (χ3v) is 8.29. The Morgan fingerprint density at radius 3 is 2.90 bits per heavy atom. The molecular formula is C31H29N7O. The van der Waals surface area contributed by atoms with E-state index in [1.54, 1.807) is 0 Å². The summed E-state index contributed by atoms with van der Waals surface area (Å²) in [5.41, 5.74) is 18.3. The molecule has 2 aliphatic heterocycles. The van der Waals surface area contributed by atoms with Crippen molar-refractivity contribution in [3.8, 4) is 22.5 Å². The van der Waals surface area contributed by atoms with Crippen molar-refractivity contribution >= 4 is 28.7 Å². The topological polar surface area (TPSA) is 97.9 Å². The molecule has 1 fully saturated rings. The molecule has 0 unspecified atom stereocenters. The maximum Gasteiger partial charge on any atom is 0.222 e. The van der Waals surface area contributed by atoms with Gasteiger partial charge in [0.15, 0.2) is 0 Å². The molecule has 2 aromatic carbocycles. The average molecular weight is 516 g/mol. The number of nitrogens with zero attached hydrogens (tertiary/aromatic N) is 5. The van der Waals surface area contributed by atoms with E-state index in [-0.39, 0.29) is 5.95 Å². The number of anilines is 2. The van der Waals surface area contributed by atoms with E-state index < -0.39 is 0 Å². The Labute approximate surface area is 226 Å². The number of nitrogens with two attached hydrogens (primary N) is 1. The summed E-state index contributed by atoms with van der Waals surface area (Å²) in [6.07, 6.45) is 8.99. The van der Waals surface area contributed by atoms with Gasteiger partial charge < -0.3 is 20.4 Å². The highest BCUT2D eigenvalue weighted by Gasteiger charge is 2.25. The van der Waals surface area contributed by atoms with E-state index in [9.17, 15) is 0 Å². The zero-order chi connectivity index (χ0) is 26.1. The Morgan fingerprint density at radius 2 is 2.00 bits per heavy atom. The predicted octanol–water partition coefficient (Wildman–Crippen LogP) is 5.78. The number of aromatic amines is 1. The van der Waals surface area contributed by atoms with Crippen LogP contribution in [0, 0.1) is 6.92 Å². The van der Waals surface area contributed by atoms with Crippen molar-refractivity contribution in [2.24, 2.45) is 0 Å². The lowest BCUT2D eigenvalue weighted by Crippen LogP contribution is -2.20. The Bertz CT molecular complexity index is 1790. The molecule has 8 nitrogen and oxygen atoms in total. The monoisotopic (exact) mass is 515 g/mol. The van der Waals surface area contributed by atoms with Crippen molar-refractivity contribution in [3.63, 3.8) is 0 Å². The molecule has 0 spiro atoms. The van der Waals surface area contributed by atoms with Crippen molar-refractivity contribution in [1.29, 1.82) is 0 Å². The van der Waals surface area contributed by atoms with Crippen LogP contribution in [0.5, 0.6) is 0 Å². The van der Waals surface area contributed by atoms with Crippen molar-refractivity contribution in [1.82, 2.24) is 24.7 Å². The molecule has 0 amide bonds. The van der Waals surface area contributed by atoms with Gasteiger partial charge in [-0.1, -0.05) is 30.3 Å². The molecule has 3 N–H and O–H groups in total. The highest BCUT2D eigenvalue weighted by molar-refractivity contribution is 5.96. The molecule has 8 rings (SSSR count). The van der Waals surface area contributed by atoms with E-state index in [2.05, 4.69) is 81.6 Å². The van der Waals surface area contributed by atoms with Gasteiger partial charge in [0.25, 0.3) is 0 Å². The number of nitrogen functional groups attached to an aromatic ring is 1. The lowest BCUT2D eigenvalue weighted by atomic mass is 9.97. The fourth-order valence-electron chi connectivity index (χ4n) is 6.02. The molecule has 1 saturated carbocycles. The normalized spacial score (nSPS) is 16.5. The number of hydrogen-bond acceptors (Lipinski definition) is 6. The molecule has 0 saturated heterocycles. The Morgan fingerprint density at radius 1 is 1.08 bits per heavy atom. The third kappa shape index (κ3) is 3.74. The lowest BCUT2D eigenvalue weighted by molar-refractivity contribution is 0.0804. The van der Waals surface area contributed by atoms with Crippen molar-refractivity contribution < 1.29 is 4.74 Å². The molecule has 0 bridgehead atoms. The number of nitrogens with one attached hydrogen (secondary N) is 1. The first-order chi connectivity index (χ1) is 19.1. The van der Waals surface area contributed by atoms with Crippen molar-refractivity contribution in [3.05, 3.63) is 82.8 Å². The maximum absolute atomic E-state index is 6.22. The van der Waals surface area contributed by atoms with Crippen LogP contribution >= 0.6 is 0 Å². The van der Waals surface area contributed by atoms with Crippen LogP contribution in [0.1, 0.15) is 46.7 Å². The first kappa shape index (κ1) is 22.5. The zero-order valence-electron chi connectivity index (χ0n) is 21.8. The molecule has 8 heteroatoms. The summed E-state index contributed by atoms with van der Waals surface area (Å²) >= 11 is 0. The number of rotatable bonds is 4. The zero-order valence-corrected chi connectivity index (χ0v) is 21.8. The minimum atomic E-state index is 0.245. The van der Waals surface area contributed by atoms with E-state index in [4.69, 9.17) is 15.5 Å². The summed E-state index contributed by atoms with van der Waals surface area (Å²) in [5, 5.41) is 5.49. The van der Waals surface area contributed by atoms with Gasteiger partial charge >= 0.3 is 0 Å². The minimum absolute atomic E-state index is 0.245. The Kier molecular flexibility index (Phi) is 4.94. The molecule has 39 heavy (non-hydrogen) atoms. The number of H-pyrrole nitrogens is 1. The standard InChI is InChI=1S/C31H29N7O/c1-18-23(3-2-4-27(18)37-10-9-21-13-20(19-5-6-19)7-8-22(21)16-37)29-24-14-26(34-30(24)36-31(32)35-29)25-15-33-38-11-12-39-17-28(25)38/h2-4,7-10,13-15,19H,5-6,11-12,16-17H2,1H3,(H3,32,34,35,36). The summed E-state index contributed by atoms with van der Waals surface area (Å²) in [7, 11) is 0. The summed E-state index contributed by atoms with van der Waals surface area (Å²) in [5.74, 6) is 1.01. The smallest absolute Gasteiger partial charge is 0.222 e. The fraction of sp³-hybridized carbons (Fsp3) is 0.258. The third-order valence-electron chi connectivity index (χ3n) is 8.29. The van der Waals surface area contributed by atoms with E-state index in [0.717, 1.165) is 63.9 Å². The van der Waals surface area contributed by atoms with Crippen LogP contribution in [0.2, 0.25) is 0 Å². The van der Waals surface area contributed by atoms with Crippen LogP contribution in [-0.4, -0.2) is 31.3 Å². The van der Waals surface area contributed by atoms with Crippen molar-refractivity contribution in [2.45, 2.75) is 45.4 Å². The number of aromatic nitrogens is 5. The van der Waals surface area contributed by atoms with E-state index in [0.29, 0.717) is 18.9 Å². The summed E-state index contributed by atoms with van der Waals surface area (Å²) in [6.45, 7) is 4.98.